The lowest BCUT2D eigenvalue weighted by Crippen LogP contribution is -2.28. The Morgan fingerprint density at radius 2 is 2.19 bits per heavy atom. The lowest BCUT2D eigenvalue weighted by molar-refractivity contribution is -0.136. The Kier molecular flexibility index (Phi) is 4.59. The summed E-state index contributed by atoms with van der Waals surface area (Å²) < 4.78 is 15.0. The van der Waals surface area contributed by atoms with Crippen LogP contribution in [0, 0.1) is 0 Å². The van der Waals surface area contributed by atoms with Crippen LogP contribution in [-0.2, 0) is 19.1 Å². The minimum Gasteiger partial charge on any atom is -0.465 e. The molecule has 2 rings (SSSR count). The molecule has 1 aliphatic rings. The number of esters is 1. The van der Waals surface area contributed by atoms with E-state index >= 15 is 0 Å². The Morgan fingerprint density at radius 3 is 2.76 bits per heavy atom. The summed E-state index contributed by atoms with van der Waals surface area (Å²) in [6, 6.07) is 3.42. The van der Waals surface area contributed by atoms with Crippen LogP contribution in [-0.4, -0.2) is 44.1 Å². The maximum atomic E-state index is 12.5. The molecule has 0 aromatic carbocycles. The second-order valence-electron chi connectivity index (χ2n) is 4.48. The van der Waals surface area contributed by atoms with Crippen molar-refractivity contribution < 1.29 is 23.5 Å². The minimum absolute atomic E-state index is 0.259. The van der Waals surface area contributed by atoms with Crippen LogP contribution in [0.25, 0.3) is 6.08 Å². The second kappa shape index (κ2) is 6.41. The number of methoxy groups -OCH3 is 2. The van der Waals surface area contributed by atoms with E-state index in [0.29, 0.717) is 24.6 Å². The molecule has 0 unspecified atom stereocenters. The molecule has 0 spiro atoms. The van der Waals surface area contributed by atoms with Crippen molar-refractivity contribution in [2.45, 2.75) is 6.92 Å². The van der Waals surface area contributed by atoms with Gasteiger partial charge in [0, 0.05) is 19.4 Å². The van der Waals surface area contributed by atoms with Gasteiger partial charge in [0.15, 0.2) is 0 Å². The average Bonchev–Trinajstić information content (AvgIpc) is 3.06. The quantitative estimate of drug-likeness (QED) is 0.609. The zero-order valence-corrected chi connectivity index (χ0v) is 12.2. The Hall–Kier alpha value is -2.34. The van der Waals surface area contributed by atoms with E-state index in [1.54, 1.807) is 32.2 Å². The van der Waals surface area contributed by atoms with Gasteiger partial charge in [-0.2, -0.15) is 0 Å². The van der Waals surface area contributed by atoms with E-state index in [-0.39, 0.29) is 17.1 Å². The summed E-state index contributed by atoms with van der Waals surface area (Å²) in [5, 5.41) is 0. The van der Waals surface area contributed by atoms with Crippen molar-refractivity contribution in [2.24, 2.45) is 0 Å². The van der Waals surface area contributed by atoms with Crippen LogP contribution in [0.2, 0.25) is 0 Å². The Labute approximate surface area is 122 Å². The zero-order chi connectivity index (χ0) is 15.4. The molecule has 6 nitrogen and oxygen atoms in total. The number of ether oxygens (including phenoxy) is 2. The van der Waals surface area contributed by atoms with Gasteiger partial charge in [-0.3, -0.25) is 4.79 Å². The molecule has 0 saturated carbocycles. The van der Waals surface area contributed by atoms with Gasteiger partial charge in [-0.25, -0.2) is 4.79 Å². The van der Waals surface area contributed by atoms with Gasteiger partial charge >= 0.3 is 5.97 Å². The number of amides is 1. The van der Waals surface area contributed by atoms with Gasteiger partial charge in [0.2, 0.25) is 0 Å². The summed E-state index contributed by atoms with van der Waals surface area (Å²) in [7, 11) is 2.84. The highest BCUT2D eigenvalue weighted by Crippen LogP contribution is 2.31. The van der Waals surface area contributed by atoms with Crippen LogP contribution in [0.15, 0.2) is 39.7 Å². The third-order valence-corrected chi connectivity index (χ3v) is 3.25. The lowest BCUT2D eigenvalue weighted by atomic mass is 10.1. The van der Waals surface area contributed by atoms with Crippen molar-refractivity contribution in [1.29, 1.82) is 0 Å². The maximum absolute atomic E-state index is 12.5. The molecule has 6 heteroatoms. The number of allylic oxidation sites excluding steroid dienone is 1. The summed E-state index contributed by atoms with van der Waals surface area (Å²) in [5.74, 6) is -0.305. The first-order valence-electron chi connectivity index (χ1n) is 6.45. The molecule has 0 saturated heterocycles. The van der Waals surface area contributed by atoms with E-state index in [1.807, 2.05) is 0 Å². The van der Waals surface area contributed by atoms with Crippen molar-refractivity contribution in [1.82, 2.24) is 4.90 Å². The van der Waals surface area contributed by atoms with Crippen LogP contribution >= 0.6 is 0 Å². The van der Waals surface area contributed by atoms with E-state index in [2.05, 4.69) is 0 Å². The van der Waals surface area contributed by atoms with Gasteiger partial charge in [-0.15, -0.1) is 0 Å². The Balaban J connectivity index is 2.43. The first-order chi connectivity index (χ1) is 10.1. The molecule has 0 bridgehead atoms. The number of hydrogen-bond acceptors (Lipinski definition) is 5. The standard InChI is InChI=1S/C15H17NO5/c1-10-13(15(18)20-3)12(9-11-5-4-7-21-11)14(17)16(10)6-8-19-2/h4-5,7,9H,6,8H2,1-3H3. The second-order valence-corrected chi connectivity index (χ2v) is 4.48. The molecule has 0 radical (unpaired) electrons. The zero-order valence-electron chi connectivity index (χ0n) is 12.2. The van der Waals surface area contributed by atoms with Gasteiger partial charge in [-0.1, -0.05) is 0 Å². The molecule has 1 amide bonds. The highest BCUT2D eigenvalue weighted by Gasteiger charge is 2.36. The molecule has 0 aliphatic carbocycles. The van der Waals surface area contributed by atoms with Crippen LogP contribution < -0.4 is 0 Å². The number of carbonyl (C=O) groups excluding carboxylic acids is 2. The highest BCUT2D eigenvalue weighted by atomic mass is 16.5. The SMILES string of the molecule is COCCN1C(=O)C(=Cc2ccco2)C(C(=O)OC)=C1C. The van der Waals surface area contributed by atoms with Crippen molar-refractivity contribution in [3.05, 3.63) is 41.0 Å². The van der Waals surface area contributed by atoms with Crippen LogP contribution in [0.4, 0.5) is 0 Å². The lowest BCUT2D eigenvalue weighted by Gasteiger charge is -2.16. The van der Waals surface area contributed by atoms with Crippen LogP contribution in [0.3, 0.4) is 0 Å². The number of carbonyl (C=O) groups is 2. The van der Waals surface area contributed by atoms with Crippen molar-refractivity contribution in [3.8, 4) is 0 Å². The van der Waals surface area contributed by atoms with Crippen molar-refractivity contribution in [2.75, 3.05) is 27.4 Å². The number of furan rings is 1. The molecule has 1 aromatic heterocycles. The normalized spacial score (nSPS) is 17.0. The fourth-order valence-corrected chi connectivity index (χ4v) is 2.20. The molecule has 0 atom stereocenters. The monoisotopic (exact) mass is 291 g/mol. The van der Waals surface area contributed by atoms with Gasteiger partial charge in [0.05, 0.1) is 31.1 Å². The van der Waals surface area contributed by atoms with E-state index in [9.17, 15) is 9.59 Å². The Morgan fingerprint density at radius 1 is 1.43 bits per heavy atom. The van der Waals surface area contributed by atoms with Gasteiger partial charge in [0.25, 0.3) is 5.91 Å². The summed E-state index contributed by atoms with van der Waals surface area (Å²) >= 11 is 0. The third-order valence-electron chi connectivity index (χ3n) is 3.25. The van der Waals surface area contributed by atoms with E-state index in [4.69, 9.17) is 13.9 Å². The Bertz CT molecular complexity index is 598. The molecule has 0 N–H and O–H groups in total. The fraction of sp³-hybridized carbons (Fsp3) is 0.333. The van der Waals surface area contributed by atoms with Gasteiger partial charge in [-0.05, 0) is 25.1 Å². The molecule has 0 fully saturated rings. The fourth-order valence-electron chi connectivity index (χ4n) is 2.20. The summed E-state index contributed by atoms with van der Waals surface area (Å²) in [6.07, 6.45) is 3.05. The van der Waals surface area contributed by atoms with Crippen LogP contribution in [0.5, 0.6) is 0 Å². The predicted octanol–water partition coefficient (Wildman–Crippen LogP) is 1.60. The largest absolute Gasteiger partial charge is 0.465 e. The van der Waals surface area contributed by atoms with E-state index in [1.165, 1.54) is 18.3 Å². The minimum atomic E-state index is -0.543. The number of rotatable bonds is 5. The average molecular weight is 291 g/mol. The van der Waals surface area contributed by atoms with Gasteiger partial charge in [0.1, 0.15) is 5.76 Å². The van der Waals surface area contributed by atoms with Crippen molar-refractivity contribution >= 4 is 18.0 Å². The highest BCUT2D eigenvalue weighted by molar-refractivity contribution is 6.16. The van der Waals surface area contributed by atoms with Gasteiger partial charge < -0.3 is 18.8 Å². The topological polar surface area (TPSA) is 69.0 Å². The van der Waals surface area contributed by atoms with E-state index < -0.39 is 5.97 Å². The maximum Gasteiger partial charge on any atom is 0.340 e. The molecular weight excluding hydrogens is 274 g/mol. The predicted molar refractivity (Wildman–Crippen MR) is 75.0 cm³/mol. The molecule has 1 aromatic rings. The summed E-state index contributed by atoms with van der Waals surface area (Å²) in [5.41, 5.74) is 1.09. The molecular formula is C15H17NO5. The third kappa shape index (κ3) is 2.90. The first-order valence-corrected chi connectivity index (χ1v) is 6.45. The molecule has 21 heavy (non-hydrogen) atoms. The first kappa shape index (κ1) is 15.1. The smallest absolute Gasteiger partial charge is 0.340 e. The van der Waals surface area contributed by atoms with Crippen LogP contribution in [0.1, 0.15) is 12.7 Å². The number of nitrogens with zero attached hydrogens (tertiary/aromatic N) is 1. The summed E-state index contributed by atoms with van der Waals surface area (Å²) in [6.45, 7) is 2.46. The van der Waals surface area contributed by atoms with E-state index in [0.717, 1.165) is 0 Å². The molecule has 112 valence electrons. The number of hydrogen-bond donors (Lipinski definition) is 0. The molecule has 1 aliphatic heterocycles. The summed E-state index contributed by atoms with van der Waals surface area (Å²) in [4.78, 5) is 26.0. The van der Waals surface area contributed by atoms with Crippen molar-refractivity contribution in [3.63, 3.8) is 0 Å². The molecule has 2 heterocycles.